The number of piperazine rings is 1. The molecule has 0 unspecified atom stereocenters. The number of ether oxygens (including phenoxy) is 1. The van der Waals surface area contributed by atoms with Crippen LogP contribution < -0.4 is 10.5 Å². The molecular formula is C22H29N5O3S2. The number of hydrogen-bond acceptors (Lipinski definition) is 8. The number of nitrogens with zero attached hydrogens (tertiary/aromatic N) is 5. The van der Waals surface area contributed by atoms with Crippen LogP contribution in [0.1, 0.15) is 30.0 Å². The van der Waals surface area contributed by atoms with Gasteiger partial charge >= 0.3 is 0 Å². The number of carbonyl (C=O) groups is 1. The maximum absolute atomic E-state index is 13.1. The summed E-state index contributed by atoms with van der Waals surface area (Å²) in [4.78, 5) is 32.6. The van der Waals surface area contributed by atoms with Crippen molar-refractivity contribution in [1.82, 2.24) is 14.4 Å². The fraction of sp³-hybridized carbons (Fsp3) is 0.545. The van der Waals surface area contributed by atoms with Crippen LogP contribution in [0.5, 0.6) is 0 Å². The van der Waals surface area contributed by atoms with E-state index in [1.54, 1.807) is 36.6 Å². The first-order valence-electron chi connectivity index (χ1n) is 10.7. The van der Waals surface area contributed by atoms with Crippen molar-refractivity contribution in [2.45, 2.75) is 20.3 Å². The fourth-order valence-corrected chi connectivity index (χ4v) is 5.35. The van der Waals surface area contributed by atoms with E-state index in [-0.39, 0.29) is 17.0 Å². The van der Waals surface area contributed by atoms with Crippen molar-refractivity contribution in [2.75, 3.05) is 57.9 Å². The van der Waals surface area contributed by atoms with E-state index >= 15 is 0 Å². The molecule has 172 valence electrons. The number of methoxy groups -OCH3 is 1. The van der Waals surface area contributed by atoms with Gasteiger partial charge in [0.1, 0.15) is 21.8 Å². The summed E-state index contributed by atoms with van der Waals surface area (Å²) in [7, 11) is 3.32. The highest BCUT2D eigenvalue weighted by Gasteiger charge is 2.33. The number of pyridine rings is 1. The van der Waals surface area contributed by atoms with Gasteiger partial charge in [-0.25, -0.2) is 0 Å². The molecule has 0 N–H and O–H groups in total. The first kappa shape index (κ1) is 24.5. The minimum Gasteiger partial charge on any atom is -0.385 e. The predicted octanol–water partition coefficient (Wildman–Crippen LogP) is 1.94. The number of nitriles is 1. The van der Waals surface area contributed by atoms with Gasteiger partial charge in [0.05, 0.1) is 4.91 Å². The van der Waals surface area contributed by atoms with Gasteiger partial charge in [0, 0.05) is 59.1 Å². The van der Waals surface area contributed by atoms with E-state index in [2.05, 4.69) is 16.7 Å². The van der Waals surface area contributed by atoms with Gasteiger partial charge in [-0.3, -0.25) is 19.1 Å². The molecule has 2 aliphatic heterocycles. The highest BCUT2D eigenvalue weighted by atomic mass is 32.2. The van der Waals surface area contributed by atoms with Crippen LogP contribution in [0.15, 0.2) is 9.70 Å². The molecule has 1 aromatic heterocycles. The second-order valence-electron chi connectivity index (χ2n) is 7.81. The monoisotopic (exact) mass is 475 g/mol. The van der Waals surface area contributed by atoms with Gasteiger partial charge in [0.15, 0.2) is 0 Å². The molecule has 3 heterocycles. The molecule has 0 saturated carbocycles. The number of thiocarbonyl (C=S) groups is 1. The maximum Gasteiger partial charge on any atom is 0.270 e. The Morgan fingerprint density at radius 3 is 2.53 bits per heavy atom. The summed E-state index contributed by atoms with van der Waals surface area (Å²) in [6.45, 7) is 9.27. The van der Waals surface area contributed by atoms with Crippen molar-refractivity contribution < 1.29 is 9.53 Å². The Labute approximate surface area is 198 Å². The van der Waals surface area contributed by atoms with Gasteiger partial charge < -0.3 is 14.5 Å². The molecule has 0 bridgehead atoms. The van der Waals surface area contributed by atoms with E-state index in [4.69, 9.17) is 17.0 Å². The molecule has 2 fully saturated rings. The highest BCUT2D eigenvalue weighted by Crippen LogP contribution is 2.35. The summed E-state index contributed by atoms with van der Waals surface area (Å²) < 4.78 is 7.14. The molecule has 3 rings (SSSR count). The molecule has 0 aromatic carbocycles. The van der Waals surface area contributed by atoms with Crippen LogP contribution in [-0.4, -0.2) is 77.6 Å². The van der Waals surface area contributed by atoms with E-state index in [1.165, 1.54) is 11.8 Å². The highest BCUT2D eigenvalue weighted by molar-refractivity contribution is 8.26. The van der Waals surface area contributed by atoms with E-state index in [9.17, 15) is 14.9 Å². The Balaban J connectivity index is 2.05. The van der Waals surface area contributed by atoms with E-state index in [1.807, 2.05) is 6.07 Å². The Morgan fingerprint density at radius 2 is 1.94 bits per heavy atom. The summed E-state index contributed by atoms with van der Waals surface area (Å²) in [5.41, 5.74) is 1.10. The van der Waals surface area contributed by atoms with Crippen LogP contribution in [0.2, 0.25) is 0 Å². The van der Waals surface area contributed by atoms with Crippen LogP contribution in [0.25, 0.3) is 6.08 Å². The summed E-state index contributed by atoms with van der Waals surface area (Å²) in [5.74, 6) is 0.594. The molecular weight excluding hydrogens is 446 g/mol. The zero-order chi connectivity index (χ0) is 23.4. The quantitative estimate of drug-likeness (QED) is 0.336. The summed E-state index contributed by atoms with van der Waals surface area (Å²) in [6, 6.07) is 2.05. The third kappa shape index (κ3) is 4.76. The number of likely N-dealkylation sites (N-methyl/N-ethyl adjacent to an activating group) is 1. The van der Waals surface area contributed by atoms with Crippen LogP contribution in [0, 0.1) is 18.3 Å². The number of hydrogen-bond donors (Lipinski definition) is 0. The van der Waals surface area contributed by atoms with Crippen molar-refractivity contribution in [3.05, 3.63) is 31.9 Å². The number of carbonyl (C=O) groups excluding carboxylic acids is 1. The number of amides is 1. The maximum atomic E-state index is 13.1. The lowest BCUT2D eigenvalue weighted by Crippen LogP contribution is -2.48. The summed E-state index contributed by atoms with van der Waals surface area (Å²) in [5, 5.41) is 9.62. The molecule has 32 heavy (non-hydrogen) atoms. The van der Waals surface area contributed by atoms with Gasteiger partial charge in [-0.05, 0) is 31.5 Å². The molecule has 10 heteroatoms. The average Bonchev–Trinajstić information content (AvgIpc) is 3.05. The molecule has 0 radical (unpaired) electrons. The molecule has 1 aromatic rings. The van der Waals surface area contributed by atoms with Crippen molar-refractivity contribution in [3.8, 4) is 6.07 Å². The molecule has 8 nitrogen and oxygen atoms in total. The van der Waals surface area contributed by atoms with Crippen LogP contribution in [0.3, 0.4) is 0 Å². The first-order valence-corrected chi connectivity index (χ1v) is 11.9. The normalized spacial score (nSPS) is 18.7. The van der Waals surface area contributed by atoms with Crippen molar-refractivity contribution >= 4 is 46.1 Å². The topological polar surface area (TPSA) is 81.8 Å². The number of anilines is 1. The Kier molecular flexibility index (Phi) is 8.11. The average molecular weight is 476 g/mol. The Morgan fingerprint density at radius 1 is 1.25 bits per heavy atom. The summed E-state index contributed by atoms with van der Waals surface area (Å²) in [6.07, 6.45) is 2.49. The first-order chi connectivity index (χ1) is 15.3. The largest absolute Gasteiger partial charge is 0.385 e. The second kappa shape index (κ2) is 10.6. The minimum atomic E-state index is -0.317. The molecule has 2 aliphatic rings. The van der Waals surface area contributed by atoms with Crippen LogP contribution in [0.4, 0.5) is 5.82 Å². The molecule has 0 atom stereocenters. The third-order valence-corrected chi connectivity index (χ3v) is 7.34. The third-order valence-electron chi connectivity index (χ3n) is 5.97. The number of thioether (sulfide) groups is 1. The zero-order valence-corrected chi connectivity index (χ0v) is 20.6. The van der Waals surface area contributed by atoms with E-state index in [0.717, 1.165) is 44.1 Å². The smallest absolute Gasteiger partial charge is 0.270 e. The zero-order valence-electron chi connectivity index (χ0n) is 19.0. The van der Waals surface area contributed by atoms with E-state index < -0.39 is 0 Å². The van der Waals surface area contributed by atoms with Gasteiger partial charge in [0.2, 0.25) is 0 Å². The predicted molar refractivity (Wildman–Crippen MR) is 132 cm³/mol. The lowest BCUT2D eigenvalue weighted by atomic mass is 10.0. The molecule has 0 spiro atoms. The molecule has 1 amide bonds. The Bertz CT molecular complexity index is 1040. The van der Waals surface area contributed by atoms with Crippen molar-refractivity contribution in [1.29, 1.82) is 5.26 Å². The molecule has 0 aliphatic carbocycles. The van der Waals surface area contributed by atoms with Gasteiger partial charge in [-0.15, -0.1) is 0 Å². The van der Waals surface area contributed by atoms with Gasteiger partial charge in [-0.1, -0.05) is 30.9 Å². The second-order valence-corrected chi connectivity index (χ2v) is 9.49. The number of rotatable bonds is 7. The standard InChI is InChI=1S/C22H29N5O3S2/c1-5-25-8-10-26(11-9-25)19-16(15(2)17(14-23)20(28)24(19)3)13-18-21(29)27(22(31)32-18)7-6-12-30-4/h13H,5-12H2,1-4H3. The van der Waals surface area contributed by atoms with Crippen LogP contribution >= 0.6 is 24.0 Å². The lowest BCUT2D eigenvalue weighted by molar-refractivity contribution is -0.122. The summed E-state index contributed by atoms with van der Waals surface area (Å²) >= 11 is 6.69. The van der Waals surface area contributed by atoms with Crippen LogP contribution in [-0.2, 0) is 16.6 Å². The van der Waals surface area contributed by atoms with Gasteiger partial charge in [-0.2, -0.15) is 5.26 Å². The van der Waals surface area contributed by atoms with Crippen molar-refractivity contribution in [2.24, 2.45) is 7.05 Å². The lowest BCUT2D eigenvalue weighted by Gasteiger charge is -2.37. The van der Waals surface area contributed by atoms with Gasteiger partial charge in [0.25, 0.3) is 11.5 Å². The van der Waals surface area contributed by atoms with Crippen molar-refractivity contribution in [3.63, 3.8) is 0 Å². The molecule has 2 saturated heterocycles. The minimum absolute atomic E-state index is 0.102. The SMILES string of the molecule is CCN1CCN(c2c(C=C3SC(=S)N(CCCOC)C3=O)c(C)c(C#N)c(=O)n2C)CC1. The Hall–Kier alpha value is -2.19. The fourth-order valence-electron chi connectivity index (χ4n) is 4.06. The number of aromatic nitrogens is 1. The van der Waals surface area contributed by atoms with E-state index in [0.29, 0.717) is 34.4 Å².